The van der Waals surface area contributed by atoms with E-state index in [4.69, 9.17) is 16.6 Å². The van der Waals surface area contributed by atoms with Gasteiger partial charge in [-0.15, -0.1) is 0 Å². The maximum Gasteiger partial charge on any atom is 0.255 e. The highest BCUT2D eigenvalue weighted by Crippen LogP contribution is 2.25. The molecule has 1 aliphatic rings. The highest BCUT2D eigenvalue weighted by molar-refractivity contribution is 6.30. The maximum absolute atomic E-state index is 12.7. The first-order valence-electron chi connectivity index (χ1n) is 11.1. The number of pyridine rings is 1. The van der Waals surface area contributed by atoms with E-state index < -0.39 is 0 Å². The summed E-state index contributed by atoms with van der Waals surface area (Å²) in [5.41, 5.74) is 1.44. The number of benzene rings is 1. The van der Waals surface area contributed by atoms with Gasteiger partial charge in [0.15, 0.2) is 5.82 Å². The third kappa shape index (κ3) is 5.99. The van der Waals surface area contributed by atoms with Crippen molar-refractivity contribution in [3.05, 3.63) is 65.4 Å². The SMILES string of the molecule is CC(=O)NCCNc1cc(N2CCN(C(=O)c3cccnc3)CC2)nc(-c2ccc(Cl)cc2)n1. The second kappa shape index (κ2) is 10.9. The van der Waals surface area contributed by atoms with Gasteiger partial charge in [-0.05, 0) is 36.4 Å². The van der Waals surface area contributed by atoms with E-state index in [1.165, 1.54) is 6.92 Å². The lowest BCUT2D eigenvalue weighted by atomic mass is 10.2. The maximum atomic E-state index is 12.7. The van der Waals surface area contributed by atoms with Gasteiger partial charge in [-0.25, -0.2) is 9.97 Å². The third-order valence-corrected chi connectivity index (χ3v) is 5.67. The van der Waals surface area contributed by atoms with Crippen LogP contribution in [0.1, 0.15) is 17.3 Å². The minimum atomic E-state index is -0.0780. The van der Waals surface area contributed by atoms with Gasteiger partial charge in [0.2, 0.25) is 5.91 Å². The fraction of sp³-hybridized carbons (Fsp3) is 0.292. The Morgan fingerprint density at radius 1 is 1.03 bits per heavy atom. The Bertz CT molecular complexity index is 1130. The average Bonchev–Trinajstić information content (AvgIpc) is 2.87. The summed E-state index contributed by atoms with van der Waals surface area (Å²) in [7, 11) is 0. The number of hydrogen-bond donors (Lipinski definition) is 2. The first kappa shape index (κ1) is 23.4. The Balaban J connectivity index is 1.50. The molecule has 1 aromatic carbocycles. The first-order valence-corrected chi connectivity index (χ1v) is 11.4. The smallest absolute Gasteiger partial charge is 0.255 e. The van der Waals surface area contributed by atoms with Crippen LogP contribution in [-0.4, -0.2) is 70.9 Å². The molecule has 0 bridgehead atoms. The van der Waals surface area contributed by atoms with Crippen molar-refractivity contribution in [3.8, 4) is 11.4 Å². The molecule has 0 atom stereocenters. The van der Waals surface area contributed by atoms with Crippen LogP contribution in [0, 0.1) is 0 Å². The molecule has 3 aromatic rings. The predicted octanol–water partition coefficient (Wildman–Crippen LogP) is 2.70. The summed E-state index contributed by atoms with van der Waals surface area (Å²) in [6, 6.07) is 12.8. The fourth-order valence-corrected chi connectivity index (χ4v) is 3.78. The number of nitrogens with zero attached hydrogens (tertiary/aromatic N) is 5. The number of halogens is 1. The molecule has 0 radical (unpaired) electrons. The van der Waals surface area contributed by atoms with Gasteiger partial charge in [0.05, 0.1) is 5.56 Å². The van der Waals surface area contributed by atoms with Crippen molar-refractivity contribution >= 4 is 35.1 Å². The van der Waals surface area contributed by atoms with E-state index >= 15 is 0 Å². The molecule has 3 heterocycles. The van der Waals surface area contributed by atoms with Gasteiger partial charge < -0.3 is 20.4 Å². The topological polar surface area (TPSA) is 103 Å². The summed E-state index contributed by atoms with van der Waals surface area (Å²) in [5, 5.41) is 6.66. The predicted molar refractivity (Wildman–Crippen MR) is 132 cm³/mol. The van der Waals surface area contributed by atoms with Crippen LogP contribution < -0.4 is 15.5 Å². The molecule has 1 saturated heterocycles. The summed E-state index contributed by atoms with van der Waals surface area (Å²) >= 11 is 6.04. The summed E-state index contributed by atoms with van der Waals surface area (Å²) in [5.74, 6) is 1.91. The minimum absolute atomic E-state index is 0.0161. The van der Waals surface area contributed by atoms with E-state index in [0.29, 0.717) is 61.5 Å². The molecule has 2 aromatic heterocycles. The number of nitrogens with one attached hydrogen (secondary N) is 2. The summed E-state index contributed by atoms with van der Waals surface area (Å²) in [4.78, 5) is 41.3. The van der Waals surface area contributed by atoms with Crippen LogP contribution in [0.25, 0.3) is 11.4 Å². The number of carbonyl (C=O) groups is 2. The van der Waals surface area contributed by atoms with Gasteiger partial charge in [-0.2, -0.15) is 0 Å². The van der Waals surface area contributed by atoms with Crippen LogP contribution in [0.5, 0.6) is 0 Å². The lowest BCUT2D eigenvalue weighted by Gasteiger charge is -2.35. The average molecular weight is 480 g/mol. The van der Waals surface area contributed by atoms with Crippen LogP contribution in [0.15, 0.2) is 54.9 Å². The summed E-state index contributed by atoms with van der Waals surface area (Å²) in [6.07, 6.45) is 3.25. The molecule has 0 saturated carbocycles. The Hall–Kier alpha value is -3.72. The molecule has 0 spiro atoms. The van der Waals surface area contributed by atoms with Crippen LogP contribution in [0.4, 0.5) is 11.6 Å². The van der Waals surface area contributed by atoms with Crippen molar-refractivity contribution in [2.24, 2.45) is 0 Å². The van der Waals surface area contributed by atoms with Crippen molar-refractivity contribution < 1.29 is 9.59 Å². The van der Waals surface area contributed by atoms with Crippen molar-refractivity contribution in [1.82, 2.24) is 25.2 Å². The normalized spacial score (nSPS) is 13.5. The van der Waals surface area contributed by atoms with Gasteiger partial charge in [0.25, 0.3) is 5.91 Å². The summed E-state index contributed by atoms with van der Waals surface area (Å²) < 4.78 is 0. The molecule has 0 unspecified atom stereocenters. The lowest BCUT2D eigenvalue weighted by Crippen LogP contribution is -2.49. The number of rotatable bonds is 7. The van der Waals surface area contributed by atoms with Gasteiger partial charge in [-0.1, -0.05) is 11.6 Å². The largest absolute Gasteiger partial charge is 0.368 e. The monoisotopic (exact) mass is 479 g/mol. The van der Waals surface area contributed by atoms with Gasteiger partial charge in [-0.3, -0.25) is 14.6 Å². The molecule has 0 aliphatic carbocycles. The number of carbonyl (C=O) groups excluding carboxylic acids is 2. The number of piperazine rings is 1. The van der Waals surface area contributed by atoms with E-state index in [2.05, 4.69) is 25.5 Å². The zero-order valence-electron chi connectivity index (χ0n) is 18.9. The Kier molecular flexibility index (Phi) is 7.54. The highest BCUT2D eigenvalue weighted by Gasteiger charge is 2.24. The van der Waals surface area contributed by atoms with Crippen LogP contribution in [0.3, 0.4) is 0 Å². The van der Waals surface area contributed by atoms with Gasteiger partial charge in [0, 0.05) is 75.2 Å². The van der Waals surface area contributed by atoms with Crippen molar-refractivity contribution in [2.45, 2.75) is 6.92 Å². The fourth-order valence-electron chi connectivity index (χ4n) is 3.65. The minimum Gasteiger partial charge on any atom is -0.368 e. The van der Waals surface area contributed by atoms with Crippen molar-refractivity contribution in [2.75, 3.05) is 49.5 Å². The van der Waals surface area contributed by atoms with E-state index in [9.17, 15) is 9.59 Å². The molecular weight excluding hydrogens is 454 g/mol. The molecule has 34 heavy (non-hydrogen) atoms. The quantitative estimate of drug-likeness (QED) is 0.502. The van der Waals surface area contributed by atoms with Crippen LogP contribution in [-0.2, 0) is 4.79 Å². The molecule has 2 N–H and O–H groups in total. The molecule has 2 amide bonds. The van der Waals surface area contributed by atoms with E-state index in [-0.39, 0.29) is 11.8 Å². The second-order valence-corrected chi connectivity index (χ2v) is 8.31. The van der Waals surface area contributed by atoms with E-state index in [1.807, 2.05) is 23.1 Å². The molecule has 176 valence electrons. The Morgan fingerprint density at radius 2 is 1.79 bits per heavy atom. The zero-order valence-corrected chi connectivity index (χ0v) is 19.6. The number of aromatic nitrogens is 3. The van der Waals surface area contributed by atoms with Crippen molar-refractivity contribution in [1.29, 1.82) is 0 Å². The molecule has 1 aliphatic heterocycles. The van der Waals surface area contributed by atoms with Crippen molar-refractivity contribution in [3.63, 3.8) is 0 Å². The Labute approximate surface area is 203 Å². The lowest BCUT2D eigenvalue weighted by molar-refractivity contribution is -0.118. The molecule has 10 heteroatoms. The van der Waals surface area contributed by atoms with Gasteiger partial charge in [0.1, 0.15) is 11.6 Å². The number of anilines is 2. The standard InChI is InChI=1S/C24H26ClN7O2/c1-17(33)27-9-10-28-21-15-22(30-23(29-21)18-4-6-20(25)7-5-18)31-11-13-32(14-12-31)24(34)19-3-2-8-26-16-19/h2-8,15-16H,9-14H2,1H3,(H,27,33)(H,28,29,30). The van der Waals surface area contributed by atoms with E-state index in [1.54, 1.807) is 36.7 Å². The first-order chi connectivity index (χ1) is 16.5. The zero-order chi connectivity index (χ0) is 23.9. The molecular formula is C24H26ClN7O2. The Morgan fingerprint density at radius 3 is 2.47 bits per heavy atom. The van der Waals surface area contributed by atoms with E-state index in [0.717, 1.165) is 11.4 Å². The van der Waals surface area contributed by atoms with Gasteiger partial charge >= 0.3 is 0 Å². The highest BCUT2D eigenvalue weighted by atomic mass is 35.5. The molecule has 4 rings (SSSR count). The number of amides is 2. The molecule has 1 fully saturated rings. The molecule has 9 nitrogen and oxygen atoms in total. The summed E-state index contributed by atoms with van der Waals surface area (Å²) in [6.45, 7) is 4.96. The van der Waals surface area contributed by atoms with Crippen LogP contribution in [0.2, 0.25) is 5.02 Å². The third-order valence-electron chi connectivity index (χ3n) is 5.42. The van der Waals surface area contributed by atoms with Crippen LogP contribution >= 0.6 is 11.6 Å². The second-order valence-electron chi connectivity index (χ2n) is 7.87. The number of hydrogen-bond acceptors (Lipinski definition) is 7.